The molecule has 0 spiro atoms. The van der Waals surface area contributed by atoms with Crippen molar-refractivity contribution in [2.45, 2.75) is 34.6 Å². The summed E-state index contributed by atoms with van der Waals surface area (Å²) in [5, 5.41) is 0. The molecule has 0 unspecified atom stereocenters. The van der Waals surface area contributed by atoms with E-state index in [0.29, 0.717) is 0 Å². The molecule has 0 heterocycles. The molecule has 0 bridgehead atoms. The van der Waals surface area contributed by atoms with Gasteiger partial charge >= 0.3 is 24.8 Å². The SMILES string of the molecule is Cc1c(C)c(C)[c-](C)c1C.[F][Ru][F]. The first-order valence-corrected chi connectivity index (χ1v) is 5.33. The summed E-state index contributed by atoms with van der Waals surface area (Å²) in [6.07, 6.45) is 0. The van der Waals surface area contributed by atoms with Gasteiger partial charge in [0.05, 0.1) is 0 Å². The van der Waals surface area contributed by atoms with E-state index < -0.39 is 18.1 Å². The van der Waals surface area contributed by atoms with Gasteiger partial charge in [-0.25, -0.2) is 0 Å². The summed E-state index contributed by atoms with van der Waals surface area (Å²) in [4.78, 5) is 0. The van der Waals surface area contributed by atoms with Crippen molar-refractivity contribution < 1.29 is 24.8 Å². The van der Waals surface area contributed by atoms with E-state index in [1.165, 1.54) is 27.8 Å². The molecule has 1 aromatic rings. The van der Waals surface area contributed by atoms with Crippen LogP contribution in [0.5, 0.6) is 0 Å². The monoisotopic (exact) mass is 275 g/mol. The Kier molecular flexibility index (Phi) is 5.47. The molecule has 1 aromatic carbocycles. The average molecular weight is 274 g/mol. The molecule has 0 atom stereocenters. The van der Waals surface area contributed by atoms with E-state index >= 15 is 0 Å². The first-order valence-electron chi connectivity index (χ1n) is 4.02. The molecule has 0 saturated carbocycles. The van der Waals surface area contributed by atoms with Gasteiger partial charge in [-0.05, 0) is 0 Å². The molecule has 0 radical (unpaired) electrons. The fraction of sp³-hybridized carbons (Fsp3) is 0.500. The van der Waals surface area contributed by atoms with Gasteiger partial charge in [0, 0.05) is 0 Å². The van der Waals surface area contributed by atoms with E-state index in [1.807, 2.05) is 0 Å². The van der Waals surface area contributed by atoms with E-state index in [4.69, 9.17) is 0 Å². The molecule has 0 nitrogen and oxygen atoms in total. The summed E-state index contributed by atoms with van der Waals surface area (Å²) in [5.74, 6) is 0. The van der Waals surface area contributed by atoms with Crippen molar-refractivity contribution in [2.75, 3.05) is 0 Å². The predicted molar refractivity (Wildman–Crippen MR) is 47.9 cm³/mol. The van der Waals surface area contributed by atoms with E-state index in [-0.39, 0.29) is 0 Å². The van der Waals surface area contributed by atoms with E-state index in [2.05, 4.69) is 34.6 Å². The quantitative estimate of drug-likeness (QED) is 0.499. The molecule has 0 N–H and O–H groups in total. The summed E-state index contributed by atoms with van der Waals surface area (Å²) in [7, 11) is 0. The first-order chi connectivity index (χ1) is 5.97. The fourth-order valence-corrected chi connectivity index (χ4v) is 1.41. The van der Waals surface area contributed by atoms with Crippen molar-refractivity contribution in [1.29, 1.82) is 0 Å². The Morgan fingerprint density at radius 3 is 1.23 bits per heavy atom. The van der Waals surface area contributed by atoms with Crippen molar-refractivity contribution >= 4 is 0 Å². The number of rotatable bonds is 0. The second kappa shape index (κ2) is 5.54. The zero-order chi connectivity index (χ0) is 10.6. The Morgan fingerprint density at radius 1 is 0.923 bits per heavy atom. The fourth-order valence-electron chi connectivity index (χ4n) is 1.41. The maximum atomic E-state index is 9.72. The van der Waals surface area contributed by atoms with Gasteiger partial charge in [-0.15, -0.1) is 0 Å². The van der Waals surface area contributed by atoms with E-state index in [9.17, 15) is 6.63 Å². The Hall–Kier alpha value is -0.167. The second-order valence-corrected chi connectivity index (χ2v) is 3.42. The van der Waals surface area contributed by atoms with Crippen LogP contribution in [0.4, 0.5) is 6.63 Å². The van der Waals surface area contributed by atoms with Crippen LogP contribution in [0, 0.1) is 34.6 Å². The van der Waals surface area contributed by atoms with Crippen LogP contribution in [0.25, 0.3) is 0 Å². The van der Waals surface area contributed by atoms with Crippen LogP contribution in [0.1, 0.15) is 27.8 Å². The van der Waals surface area contributed by atoms with Crippen LogP contribution >= 0.6 is 0 Å². The molecule has 0 saturated heterocycles. The van der Waals surface area contributed by atoms with Crippen molar-refractivity contribution in [3.63, 3.8) is 0 Å². The maximum absolute atomic E-state index is 9.72. The molecule has 0 amide bonds. The Morgan fingerprint density at radius 2 is 1.15 bits per heavy atom. The molecule has 0 aromatic heterocycles. The first kappa shape index (κ1) is 12.8. The van der Waals surface area contributed by atoms with Gasteiger partial charge in [-0.1, -0.05) is 34.6 Å². The average Bonchev–Trinajstić information content (AvgIpc) is 2.25. The molecule has 3 heteroatoms. The summed E-state index contributed by atoms with van der Waals surface area (Å²) < 4.78 is 19.4. The molecule has 0 aliphatic rings. The van der Waals surface area contributed by atoms with Crippen LogP contribution in [0.3, 0.4) is 0 Å². The minimum absolute atomic E-state index is 1.47. The summed E-state index contributed by atoms with van der Waals surface area (Å²) in [6, 6.07) is 0. The van der Waals surface area contributed by atoms with Gasteiger partial charge in [-0.3, -0.25) is 0 Å². The minimum atomic E-state index is -2.29. The van der Waals surface area contributed by atoms with E-state index in [1.54, 1.807) is 0 Å². The molecular formula is C10H15F2Ru-. The summed E-state index contributed by atoms with van der Waals surface area (Å²) >= 11 is -2.29. The zero-order valence-electron chi connectivity index (χ0n) is 8.61. The van der Waals surface area contributed by atoms with Gasteiger partial charge in [0.2, 0.25) is 0 Å². The van der Waals surface area contributed by atoms with Crippen molar-refractivity contribution in [1.82, 2.24) is 0 Å². The number of hydrogen-bond acceptors (Lipinski definition) is 0. The van der Waals surface area contributed by atoms with Gasteiger partial charge in [0.25, 0.3) is 0 Å². The molecular weight excluding hydrogens is 259 g/mol. The third-order valence-corrected chi connectivity index (χ3v) is 2.81. The van der Waals surface area contributed by atoms with Crippen molar-refractivity contribution in [2.24, 2.45) is 0 Å². The molecule has 0 aliphatic carbocycles. The summed E-state index contributed by atoms with van der Waals surface area (Å²) in [5.41, 5.74) is 7.34. The molecule has 1 rings (SSSR count). The normalized spacial score (nSPS) is 9.77. The topological polar surface area (TPSA) is 0 Å². The Labute approximate surface area is 87.5 Å². The zero-order valence-corrected chi connectivity index (χ0v) is 10.3. The third kappa shape index (κ3) is 2.91. The second-order valence-electron chi connectivity index (χ2n) is 3.18. The van der Waals surface area contributed by atoms with Gasteiger partial charge in [0.1, 0.15) is 0 Å². The molecule has 78 valence electrons. The summed E-state index contributed by atoms with van der Waals surface area (Å²) in [6.45, 7) is 11.0. The number of halogens is 2. The molecule has 13 heavy (non-hydrogen) atoms. The third-order valence-electron chi connectivity index (χ3n) is 2.81. The van der Waals surface area contributed by atoms with Crippen molar-refractivity contribution in [3.8, 4) is 0 Å². The Bertz CT molecular complexity index is 197. The van der Waals surface area contributed by atoms with Crippen LogP contribution in [-0.4, -0.2) is 0 Å². The van der Waals surface area contributed by atoms with E-state index in [0.717, 1.165) is 0 Å². The van der Waals surface area contributed by atoms with Gasteiger partial charge in [0.15, 0.2) is 0 Å². The van der Waals surface area contributed by atoms with Gasteiger partial charge in [-0.2, -0.15) is 27.8 Å². The standard InChI is InChI=1S/C10H15.2FH.Ru/c1-6-7(2)9(4)10(5)8(6)3;;;/h1-5H3;2*1H;/q-1;;;+2/p-2. The van der Waals surface area contributed by atoms with Gasteiger partial charge < -0.3 is 0 Å². The van der Waals surface area contributed by atoms with Crippen molar-refractivity contribution in [3.05, 3.63) is 27.8 Å². The van der Waals surface area contributed by atoms with Crippen LogP contribution in [-0.2, 0) is 18.1 Å². The molecule has 0 aliphatic heterocycles. The van der Waals surface area contributed by atoms with Crippen LogP contribution in [0.15, 0.2) is 0 Å². The van der Waals surface area contributed by atoms with Crippen LogP contribution < -0.4 is 0 Å². The van der Waals surface area contributed by atoms with Crippen LogP contribution in [0.2, 0.25) is 0 Å². The molecule has 0 fully saturated rings. The Balaban J connectivity index is 0.000000424. The number of hydrogen-bond donors (Lipinski definition) is 0. The predicted octanol–water partition coefficient (Wildman–Crippen LogP) is 3.79.